The van der Waals surface area contributed by atoms with Gasteiger partial charge in [0, 0.05) is 48.4 Å². The van der Waals surface area contributed by atoms with E-state index < -0.39 is 10.0 Å². The standard InChI is InChI=1S/C27H33N7O5S.CH2O2/c1-4-18-15-19(5-7-21(18)27(35)31-11-14-39-13-9-28)33-25-26-32-17-23(34(26)12-10-30-25)22-8-6-20(38-3)16-24(22)40(36,37)29-2;2-1-3/h5-8,10,12,15-17,29H,4,9,11,13-14,28H2,1-3H3,(H,30,33)(H,31,35);1H,(H,2,3). The summed E-state index contributed by atoms with van der Waals surface area (Å²) in [6.07, 6.45) is 5.56. The Labute approximate surface area is 249 Å². The Hall–Kier alpha value is -4.57. The quantitative estimate of drug-likeness (QED) is 0.109. The number of imidazole rings is 1. The summed E-state index contributed by atoms with van der Waals surface area (Å²) in [6.45, 7) is 3.40. The molecule has 14 nitrogen and oxygen atoms in total. The maximum Gasteiger partial charge on any atom is 0.290 e. The number of amides is 1. The number of nitrogens with two attached hydrogens (primary N) is 1. The van der Waals surface area contributed by atoms with Gasteiger partial charge in [-0.25, -0.2) is 23.1 Å². The number of aromatic nitrogens is 3. The van der Waals surface area contributed by atoms with Gasteiger partial charge in [-0.05, 0) is 49.4 Å². The van der Waals surface area contributed by atoms with Crippen molar-refractivity contribution < 1.29 is 32.6 Å². The van der Waals surface area contributed by atoms with Crippen LogP contribution in [0.1, 0.15) is 22.8 Å². The molecule has 0 spiro atoms. The first-order valence-electron chi connectivity index (χ1n) is 13.2. The smallest absolute Gasteiger partial charge is 0.290 e. The number of carbonyl (C=O) groups is 2. The molecule has 4 rings (SSSR count). The molecule has 0 aliphatic carbocycles. The Kier molecular flexibility index (Phi) is 11.9. The lowest BCUT2D eigenvalue weighted by atomic mass is 10.0. The summed E-state index contributed by atoms with van der Waals surface area (Å²) < 4.78 is 40.3. The van der Waals surface area contributed by atoms with Crippen LogP contribution in [0.25, 0.3) is 16.9 Å². The molecular formula is C28H35N7O7S. The van der Waals surface area contributed by atoms with Crippen molar-refractivity contribution in [1.29, 1.82) is 0 Å². The third-order valence-electron chi connectivity index (χ3n) is 6.24. The number of benzene rings is 2. The molecule has 0 saturated heterocycles. The number of rotatable bonds is 13. The molecule has 2 aromatic carbocycles. The molecule has 1 amide bonds. The highest BCUT2D eigenvalue weighted by Crippen LogP contribution is 2.32. The Morgan fingerprint density at radius 1 is 1.16 bits per heavy atom. The lowest BCUT2D eigenvalue weighted by Gasteiger charge is -2.13. The number of nitrogens with one attached hydrogen (secondary N) is 3. The summed E-state index contributed by atoms with van der Waals surface area (Å²) in [5.74, 6) is 0.709. The fraction of sp³-hybridized carbons (Fsp3) is 0.286. The monoisotopic (exact) mass is 613 g/mol. The molecule has 4 aromatic rings. The normalized spacial score (nSPS) is 11.0. The van der Waals surface area contributed by atoms with Crippen molar-refractivity contribution in [2.24, 2.45) is 5.73 Å². The van der Waals surface area contributed by atoms with E-state index >= 15 is 0 Å². The van der Waals surface area contributed by atoms with E-state index in [1.54, 1.807) is 47.3 Å². The molecule has 2 heterocycles. The predicted molar refractivity (Wildman–Crippen MR) is 161 cm³/mol. The molecule has 230 valence electrons. The molecule has 43 heavy (non-hydrogen) atoms. The third-order valence-corrected chi connectivity index (χ3v) is 7.69. The van der Waals surface area contributed by atoms with Gasteiger partial charge in [-0.3, -0.25) is 14.0 Å². The van der Waals surface area contributed by atoms with Gasteiger partial charge in [-0.2, -0.15) is 0 Å². The maximum absolute atomic E-state index is 12.8. The summed E-state index contributed by atoms with van der Waals surface area (Å²) >= 11 is 0. The molecule has 0 aliphatic rings. The van der Waals surface area contributed by atoms with Crippen LogP contribution in [0.2, 0.25) is 0 Å². The fourth-order valence-corrected chi connectivity index (χ4v) is 5.17. The first-order chi connectivity index (χ1) is 20.7. The first-order valence-corrected chi connectivity index (χ1v) is 14.7. The van der Waals surface area contributed by atoms with E-state index in [0.717, 1.165) is 11.3 Å². The summed E-state index contributed by atoms with van der Waals surface area (Å²) in [5.41, 5.74) is 9.10. The molecule has 0 radical (unpaired) electrons. The van der Waals surface area contributed by atoms with E-state index in [9.17, 15) is 13.2 Å². The van der Waals surface area contributed by atoms with Gasteiger partial charge < -0.3 is 30.9 Å². The number of carbonyl (C=O) groups excluding carboxylic acids is 1. The number of nitrogens with zero attached hydrogens (tertiary/aromatic N) is 3. The predicted octanol–water partition coefficient (Wildman–Crippen LogP) is 2.02. The number of anilines is 2. The van der Waals surface area contributed by atoms with Crippen molar-refractivity contribution in [1.82, 2.24) is 24.4 Å². The molecule has 15 heteroatoms. The molecule has 0 fully saturated rings. The van der Waals surface area contributed by atoms with Gasteiger partial charge in [0.15, 0.2) is 11.5 Å². The minimum absolute atomic E-state index is 0.0647. The largest absolute Gasteiger partial charge is 0.497 e. The molecule has 2 aromatic heterocycles. The van der Waals surface area contributed by atoms with Crippen molar-refractivity contribution in [2.45, 2.75) is 18.2 Å². The number of hydrogen-bond donors (Lipinski definition) is 5. The molecule has 0 bridgehead atoms. The number of fused-ring (bicyclic) bond motifs is 1. The summed E-state index contributed by atoms with van der Waals surface area (Å²) in [5, 5.41) is 13.0. The van der Waals surface area contributed by atoms with Crippen molar-refractivity contribution in [2.75, 3.05) is 45.8 Å². The molecule has 0 aliphatic heterocycles. The van der Waals surface area contributed by atoms with Crippen LogP contribution >= 0.6 is 0 Å². The molecular weight excluding hydrogens is 578 g/mol. The number of carboxylic acid groups (broad SMARTS) is 1. The molecule has 6 N–H and O–H groups in total. The number of sulfonamides is 1. The highest BCUT2D eigenvalue weighted by Gasteiger charge is 2.22. The maximum atomic E-state index is 12.8. The van der Waals surface area contributed by atoms with Crippen LogP contribution in [0.3, 0.4) is 0 Å². The van der Waals surface area contributed by atoms with Crippen LogP contribution in [0.4, 0.5) is 11.5 Å². The van der Waals surface area contributed by atoms with Gasteiger partial charge in [-0.1, -0.05) is 6.92 Å². The van der Waals surface area contributed by atoms with E-state index in [4.69, 9.17) is 25.1 Å². The van der Waals surface area contributed by atoms with Crippen molar-refractivity contribution in [3.63, 3.8) is 0 Å². The fourth-order valence-electron chi connectivity index (χ4n) is 4.22. The van der Waals surface area contributed by atoms with E-state index in [1.165, 1.54) is 20.2 Å². The minimum atomic E-state index is -3.79. The van der Waals surface area contributed by atoms with Crippen molar-refractivity contribution in [3.8, 4) is 17.0 Å². The zero-order valence-corrected chi connectivity index (χ0v) is 24.8. The second kappa shape index (κ2) is 15.6. The van der Waals surface area contributed by atoms with Crippen LogP contribution in [0.5, 0.6) is 5.75 Å². The van der Waals surface area contributed by atoms with Gasteiger partial charge in [0.05, 0.1) is 37.1 Å². The number of methoxy groups -OCH3 is 1. The number of aryl methyl sites for hydroxylation is 1. The summed E-state index contributed by atoms with van der Waals surface area (Å²) in [7, 11) is -0.956. The van der Waals surface area contributed by atoms with Crippen LogP contribution in [0.15, 0.2) is 59.9 Å². The van der Waals surface area contributed by atoms with Gasteiger partial charge >= 0.3 is 0 Å². The number of hydrogen-bond acceptors (Lipinski definition) is 10. The number of ether oxygens (including phenoxy) is 2. The first kappa shape index (κ1) is 32.9. The van der Waals surface area contributed by atoms with Crippen LogP contribution in [-0.4, -0.2) is 80.7 Å². The van der Waals surface area contributed by atoms with Crippen LogP contribution in [0, 0.1) is 0 Å². The molecule has 0 saturated carbocycles. The van der Waals surface area contributed by atoms with Gasteiger partial charge in [-0.15, -0.1) is 0 Å². The highest BCUT2D eigenvalue weighted by atomic mass is 32.2. The zero-order chi connectivity index (χ0) is 31.4. The Bertz CT molecular complexity index is 1660. The summed E-state index contributed by atoms with van der Waals surface area (Å²) in [4.78, 5) is 30.1. The lowest BCUT2D eigenvalue weighted by molar-refractivity contribution is -0.122. The van der Waals surface area contributed by atoms with Crippen LogP contribution < -0.4 is 25.8 Å². The minimum Gasteiger partial charge on any atom is -0.497 e. The van der Waals surface area contributed by atoms with E-state index in [-0.39, 0.29) is 17.3 Å². The Balaban J connectivity index is 0.00000162. The second-order valence-electron chi connectivity index (χ2n) is 8.80. The SMILES string of the molecule is CCc1cc(Nc2nccn3c(-c4ccc(OC)cc4S(=O)(=O)NC)cnc23)ccc1C(=O)NCCOCCN.O=CO. The van der Waals surface area contributed by atoms with Gasteiger partial charge in [0.1, 0.15) is 5.75 Å². The highest BCUT2D eigenvalue weighted by molar-refractivity contribution is 7.89. The lowest BCUT2D eigenvalue weighted by Crippen LogP contribution is -2.28. The molecule has 0 atom stereocenters. The van der Waals surface area contributed by atoms with Gasteiger partial charge in [0.25, 0.3) is 12.4 Å². The average molecular weight is 614 g/mol. The Morgan fingerprint density at radius 3 is 2.60 bits per heavy atom. The second-order valence-corrected chi connectivity index (χ2v) is 10.7. The van der Waals surface area contributed by atoms with Crippen molar-refractivity contribution in [3.05, 3.63) is 66.1 Å². The average Bonchev–Trinajstić information content (AvgIpc) is 3.46. The topological polar surface area (TPSA) is 199 Å². The van der Waals surface area contributed by atoms with Crippen molar-refractivity contribution >= 4 is 39.6 Å². The van der Waals surface area contributed by atoms with E-state index in [0.29, 0.717) is 66.8 Å². The summed E-state index contributed by atoms with van der Waals surface area (Å²) in [6, 6.07) is 10.3. The van der Waals surface area contributed by atoms with Gasteiger partial charge in [0.2, 0.25) is 10.0 Å². The zero-order valence-electron chi connectivity index (χ0n) is 24.0. The Morgan fingerprint density at radius 2 is 1.93 bits per heavy atom. The van der Waals surface area contributed by atoms with E-state index in [1.807, 2.05) is 13.0 Å². The van der Waals surface area contributed by atoms with E-state index in [2.05, 4.69) is 25.3 Å². The molecule has 0 unspecified atom stereocenters. The van der Waals surface area contributed by atoms with Crippen LogP contribution in [-0.2, 0) is 26.0 Å². The third kappa shape index (κ3) is 8.04.